The standard InChI is InChI=1S/C27H31N3O4/c1-18(2)34-25(31)17-22(19-10-6-5-7-11-19)29-26(32)20-13-14-21-23(16-20)28-24-12-8-3-4-9-15-30(24)27(21)33/h5-7,10-11,13-14,16,18,22H,3-4,8-9,12,15,17H2,1-2H3,(H,29,32). The van der Waals surface area contributed by atoms with Crippen molar-refractivity contribution in [3.63, 3.8) is 0 Å². The molecule has 0 saturated carbocycles. The molecule has 34 heavy (non-hydrogen) atoms. The van der Waals surface area contributed by atoms with Gasteiger partial charge >= 0.3 is 5.97 Å². The molecule has 7 nitrogen and oxygen atoms in total. The smallest absolute Gasteiger partial charge is 0.308 e. The lowest BCUT2D eigenvalue weighted by Gasteiger charge is -2.20. The normalized spacial score (nSPS) is 14.7. The molecule has 1 N–H and O–H groups in total. The first-order valence-electron chi connectivity index (χ1n) is 12.0. The van der Waals surface area contributed by atoms with E-state index in [2.05, 4.69) is 5.32 Å². The number of fused-ring (bicyclic) bond motifs is 2. The van der Waals surface area contributed by atoms with Gasteiger partial charge in [0.05, 0.1) is 29.5 Å². The Hall–Kier alpha value is -3.48. The molecule has 1 unspecified atom stereocenters. The van der Waals surface area contributed by atoms with Crippen molar-refractivity contribution in [2.45, 2.75) is 71.1 Å². The van der Waals surface area contributed by atoms with E-state index in [1.807, 2.05) is 30.3 Å². The van der Waals surface area contributed by atoms with Crippen molar-refractivity contribution in [3.8, 4) is 0 Å². The Balaban J connectivity index is 1.61. The van der Waals surface area contributed by atoms with E-state index >= 15 is 0 Å². The van der Waals surface area contributed by atoms with E-state index < -0.39 is 6.04 Å². The molecule has 0 fully saturated rings. The first-order valence-corrected chi connectivity index (χ1v) is 12.0. The zero-order valence-electron chi connectivity index (χ0n) is 19.8. The summed E-state index contributed by atoms with van der Waals surface area (Å²) in [4.78, 5) is 43.3. The Morgan fingerprint density at radius 1 is 1.06 bits per heavy atom. The van der Waals surface area contributed by atoms with Gasteiger partial charge in [0.1, 0.15) is 5.82 Å². The Morgan fingerprint density at radius 3 is 2.59 bits per heavy atom. The average Bonchev–Trinajstić information content (AvgIpc) is 2.79. The minimum atomic E-state index is -0.537. The number of nitrogens with one attached hydrogen (secondary N) is 1. The molecule has 1 aliphatic rings. The molecule has 7 heteroatoms. The molecule has 1 aromatic heterocycles. The van der Waals surface area contributed by atoms with Crippen LogP contribution in [-0.2, 0) is 22.5 Å². The zero-order chi connectivity index (χ0) is 24.1. The van der Waals surface area contributed by atoms with E-state index in [4.69, 9.17) is 9.72 Å². The van der Waals surface area contributed by atoms with Crippen LogP contribution in [0.1, 0.15) is 73.7 Å². The molecule has 1 amide bonds. The van der Waals surface area contributed by atoms with E-state index in [0.717, 1.165) is 43.5 Å². The van der Waals surface area contributed by atoms with Crippen LogP contribution in [0.5, 0.6) is 0 Å². The molecule has 0 spiro atoms. The number of aromatic nitrogens is 2. The van der Waals surface area contributed by atoms with Crippen molar-refractivity contribution in [1.29, 1.82) is 0 Å². The van der Waals surface area contributed by atoms with Crippen molar-refractivity contribution >= 4 is 22.8 Å². The Labute approximate surface area is 199 Å². The maximum absolute atomic E-state index is 13.2. The summed E-state index contributed by atoms with van der Waals surface area (Å²) in [6.45, 7) is 4.27. The van der Waals surface area contributed by atoms with Crippen LogP contribution in [0, 0.1) is 0 Å². The second-order valence-electron chi connectivity index (χ2n) is 9.06. The quantitative estimate of drug-likeness (QED) is 0.552. The molecule has 178 valence electrons. The van der Waals surface area contributed by atoms with Crippen LogP contribution >= 0.6 is 0 Å². The van der Waals surface area contributed by atoms with Gasteiger partial charge in [0.15, 0.2) is 0 Å². The highest BCUT2D eigenvalue weighted by molar-refractivity contribution is 5.98. The number of benzene rings is 2. The summed E-state index contributed by atoms with van der Waals surface area (Å²) >= 11 is 0. The topological polar surface area (TPSA) is 90.3 Å². The van der Waals surface area contributed by atoms with Gasteiger partial charge < -0.3 is 10.1 Å². The first-order chi connectivity index (χ1) is 16.4. The predicted molar refractivity (Wildman–Crippen MR) is 131 cm³/mol. The highest BCUT2D eigenvalue weighted by Crippen LogP contribution is 2.20. The number of esters is 1. The summed E-state index contributed by atoms with van der Waals surface area (Å²) in [5, 5.41) is 3.48. The van der Waals surface area contributed by atoms with E-state index in [-0.39, 0.29) is 30.0 Å². The molecule has 3 aromatic rings. The molecular weight excluding hydrogens is 430 g/mol. The molecular formula is C27H31N3O4. The summed E-state index contributed by atoms with van der Waals surface area (Å²) < 4.78 is 7.08. The third-order valence-corrected chi connectivity index (χ3v) is 6.07. The van der Waals surface area contributed by atoms with Crippen LogP contribution in [0.25, 0.3) is 10.9 Å². The molecule has 4 rings (SSSR count). The lowest BCUT2D eigenvalue weighted by molar-refractivity contribution is -0.147. The van der Waals surface area contributed by atoms with E-state index in [9.17, 15) is 14.4 Å². The van der Waals surface area contributed by atoms with Crippen LogP contribution in [-0.4, -0.2) is 27.5 Å². The number of nitrogens with zero attached hydrogens (tertiary/aromatic N) is 2. The van der Waals surface area contributed by atoms with Crippen molar-refractivity contribution in [1.82, 2.24) is 14.9 Å². The van der Waals surface area contributed by atoms with Crippen LogP contribution in [0.15, 0.2) is 53.3 Å². The van der Waals surface area contributed by atoms with Gasteiger partial charge in [-0.1, -0.05) is 43.2 Å². The lowest BCUT2D eigenvalue weighted by atomic mass is 10.0. The summed E-state index contributed by atoms with van der Waals surface area (Å²) in [5.74, 6) is 0.0751. The number of ether oxygens (including phenoxy) is 1. The van der Waals surface area contributed by atoms with Crippen LogP contribution in [0.4, 0.5) is 0 Å². The lowest BCUT2D eigenvalue weighted by Crippen LogP contribution is -2.31. The number of carbonyl (C=O) groups is 2. The average molecular weight is 462 g/mol. The van der Waals surface area contributed by atoms with Crippen molar-refractivity contribution in [2.24, 2.45) is 0 Å². The fraction of sp³-hybridized carbons (Fsp3) is 0.407. The maximum Gasteiger partial charge on any atom is 0.308 e. The van der Waals surface area contributed by atoms with Crippen molar-refractivity contribution in [3.05, 3.63) is 75.8 Å². The molecule has 2 aromatic carbocycles. The van der Waals surface area contributed by atoms with Crippen LogP contribution in [0.3, 0.4) is 0 Å². The fourth-order valence-corrected chi connectivity index (χ4v) is 4.39. The summed E-state index contributed by atoms with van der Waals surface area (Å²) in [6.07, 6.45) is 4.78. The van der Waals surface area contributed by atoms with Gasteiger partial charge in [0, 0.05) is 18.5 Å². The highest BCUT2D eigenvalue weighted by Gasteiger charge is 2.21. The molecule has 0 radical (unpaired) electrons. The van der Waals surface area contributed by atoms with Gasteiger partial charge in [-0.25, -0.2) is 4.98 Å². The zero-order valence-corrected chi connectivity index (χ0v) is 19.8. The number of hydrogen-bond acceptors (Lipinski definition) is 5. The largest absolute Gasteiger partial charge is 0.463 e. The van der Waals surface area contributed by atoms with Gasteiger partial charge in [-0.2, -0.15) is 0 Å². The third kappa shape index (κ3) is 5.53. The van der Waals surface area contributed by atoms with E-state index in [0.29, 0.717) is 23.0 Å². The van der Waals surface area contributed by atoms with E-state index in [1.54, 1.807) is 36.6 Å². The molecule has 0 bridgehead atoms. The molecule has 1 atom stereocenters. The third-order valence-electron chi connectivity index (χ3n) is 6.07. The second kappa shape index (κ2) is 10.6. The Morgan fingerprint density at radius 2 is 1.82 bits per heavy atom. The number of hydrogen-bond donors (Lipinski definition) is 1. The molecule has 2 heterocycles. The predicted octanol–water partition coefficient (Wildman–Crippen LogP) is 4.33. The highest BCUT2D eigenvalue weighted by atomic mass is 16.5. The van der Waals surface area contributed by atoms with Gasteiger partial charge in [-0.05, 0) is 50.5 Å². The molecule has 0 saturated heterocycles. The number of aryl methyl sites for hydroxylation is 1. The SMILES string of the molecule is CC(C)OC(=O)CC(NC(=O)c1ccc2c(=O)n3c(nc2c1)CCCCCC3)c1ccccc1. The monoisotopic (exact) mass is 461 g/mol. The minimum absolute atomic E-state index is 0.0224. The maximum atomic E-state index is 13.2. The number of amides is 1. The van der Waals surface area contributed by atoms with Gasteiger partial charge in [-0.15, -0.1) is 0 Å². The second-order valence-corrected chi connectivity index (χ2v) is 9.06. The number of rotatable bonds is 6. The van der Waals surface area contributed by atoms with Gasteiger partial charge in [0.25, 0.3) is 11.5 Å². The Bertz CT molecular complexity index is 1230. The van der Waals surface area contributed by atoms with Crippen molar-refractivity contribution < 1.29 is 14.3 Å². The van der Waals surface area contributed by atoms with Crippen molar-refractivity contribution in [2.75, 3.05) is 0 Å². The van der Waals surface area contributed by atoms with Gasteiger partial charge in [0.2, 0.25) is 0 Å². The summed E-state index contributed by atoms with van der Waals surface area (Å²) in [5.41, 5.74) is 1.69. The summed E-state index contributed by atoms with van der Waals surface area (Å²) in [7, 11) is 0. The van der Waals surface area contributed by atoms with Crippen LogP contribution in [0.2, 0.25) is 0 Å². The Kier molecular flexibility index (Phi) is 7.40. The fourth-order valence-electron chi connectivity index (χ4n) is 4.39. The summed E-state index contributed by atoms with van der Waals surface area (Å²) in [6, 6.07) is 13.8. The molecule has 0 aliphatic carbocycles. The first kappa shape index (κ1) is 23.7. The molecule has 1 aliphatic heterocycles. The number of carbonyl (C=O) groups excluding carboxylic acids is 2. The van der Waals surface area contributed by atoms with Crippen LogP contribution < -0.4 is 10.9 Å². The van der Waals surface area contributed by atoms with Gasteiger partial charge in [-0.3, -0.25) is 19.0 Å². The van der Waals surface area contributed by atoms with E-state index in [1.165, 1.54) is 0 Å². The minimum Gasteiger partial charge on any atom is -0.463 e.